The zero-order valence-corrected chi connectivity index (χ0v) is 31.1. The van der Waals surface area contributed by atoms with Gasteiger partial charge in [0.1, 0.15) is 12.0 Å². The summed E-state index contributed by atoms with van der Waals surface area (Å²) in [5.41, 5.74) is -4.26. The Morgan fingerprint density at radius 2 is 1.35 bits per heavy atom. The number of hydrogen-bond acceptors (Lipinski definition) is 8. The van der Waals surface area contributed by atoms with E-state index in [2.05, 4.69) is 0 Å². The minimum atomic E-state index is -2.04. The Bertz CT molecular complexity index is 1890. The third-order valence-electron chi connectivity index (χ3n) is 16.1. The predicted molar refractivity (Wildman–Crippen MR) is 187 cm³/mol. The predicted octanol–water partition coefficient (Wildman–Crippen LogP) is 5.75. The highest BCUT2D eigenvalue weighted by Crippen LogP contribution is 2.69. The number of alkyl halides is 2. The van der Waals surface area contributed by atoms with Gasteiger partial charge in [-0.15, -0.1) is 0 Å². The van der Waals surface area contributed by atoms with Crippen molar-refractivity contribution in [3.05, 3.63) is 35.5 Å². The van der Waals surface area contributed by atoms with E-state index >= 15 is 8.78 Å². The number of halogens is 2. The molecule has 54 heavy (non-hydrogen) atoms. The van der Waals surface area contributed by atoms with Gasteiger partial charge < -0.3 is 10.2 Å². The van der Waals surface area contributed by atoms with Crippen LogP contribution in [0.4, 0.5) is 8.78 Å². The summed E-state index contributed by atoms with van der Waals surface area (Å²) in [6.07, 6.45) is 8.42. The molecule has 0 amide bonds. The number of aliphatic carboxylic acids is 2. The number of carboxylic acids is 2. The Morgan fingerprint density at radius 1 is 0.759 bits per heavy atom. The lowest BCUT2D eigenvalue weighted by Gasteiger charge is -2.59. The van der Waals surface area contributed by atoms with Crippen LogP contribution in [0.3, 0.4) is 0 Å². The molecule has 290 valence electrons. The molecule has 10 nitrogen and oxygen atoms in total. The molecule has 0 spiro atoms. The Balaban J connectivity index is 0.000000167. The summed E-state index contributed by atoms with van der Waals surface area (Å²) in [6, 6.07) is 0. The fourth-order valence-corrected chi connectivity index (χ4v) is 13.5. The van der Waals surface area contributed by atoms with Crippen molar-refractivity contribution >= 4 is 46.6 Å². The van der Waals surface area contributed by atoms with Crippen LogP contribution >= 0.6 is 0 Å². The molecule has 8 rings (SSSR count). The summed E-state index contributed by atoms with van der Waals surface area (Å²) < 4.78 is 31.7. The van der Waals surface area contributed by atoms with Gasteiger partial charge in [-0.1, -0.05) is 39.3 Å². The summed E-state index contributed by atoms with van der Waals surface area (Å²) in [7, 11) is 0. The van der Waals surface area contributed by atoms with Gasteiger partial charge in [-0.2, -0.15) is 0 Å². The van der Waals surface area contributed by atoms with Crippen LogP contribution in [0, 0.1) is 63.1 Å². The minimum Gasteiger partial charge on any atom is -0.475 e. The molecule has 2 N–H and O–H groups in total. The van der Waals surface area contributed by atoms with Crippen LogP contribution in [-0.2, 0) is 38.4 Å². The van der Waals surface area contributed by atoms with E-state index in [1.165, 1.54) is 18.2 Å². The van der Waals surface area contributed by atoms with Crippen LogP contribution in [0.15, 0.2) is 35.5 Å². The van der Waals surface area contributed by atoms with E-state index in [0.29, 0.717) is 50.5 Å². The maximum absolute atomic E-state index is 16.7. The third kappa shape index (κ3) is 5.12. The number of ketones is 6. The highest BCUT2D eigenvalue weighted by atomic mass is 19.1. The van der Waals surface area contributed by atoms with Gasteiger partial charge in [-0.05, 0) is 104 Å². The van der Waals surface area contributed by atoms with Gasteiger partial charge in [0.05, 0.1) is 0 Å². The molecule has 0 radical (unpaired) electrons. The van der Waals surface area contributed by atoms with Crippen molar-refractivity contribution in [2.75, 3.05) is 0 Å². The topological polar surface area (TPSA) is 177 Å². The number of fused-ring (bicyclic) bond motifs is 10. The molecular weight excluding hydrogens is 702 g/mol. The van der Waals surface area contributed by atoms with Crippen molar-refractivity contribution in [3.8, 4) is 0 Å². The molecule has 0 unspecified atom stereocenters. The molecule has 0 aliphatic heterocycles. The molecule has 6 fully saturated rings. The van der Waals surface area contributed by atoms with E-state index in [0.717, 1.165) is 5.57 Å². The fraction of sp³-hybridized carbons (Fsp3) is 0.667. The van der Waals surface area contributed by atoms with Crippen LogP contribution in [0.25, 0.3) is 0 Å². The van der Waals surface area contributed by atoms with Crippen LogP contribution in [0.5, 0.6) is 0 Å². The van der Waals surface area contributed by atoms with Crippen LogP contribution in [0.1, 0.15) is 98.3 Å². The Morgan fingerprint density at radius 3 is 1.96 bits per heavy atom. The Hall–Kier alpha value is -3.96. The first-order valence-electron chi connectivity index (χ1n) is 19.3. The lowest BCUT2D eigenvalue weighted by molar-refractivity contribution is -0.175. The summed E-state index contributed by atoms with van der Waals surface area (Å²) in [5.74, 6) is -8.37. The van der Waals surface area contributed by atoms with E-state index in [4.69, 9.17) is 10.2 Å². The van der Waals surface area contributed by atoms with Crippen molar-refractivity contribution in [1.82, 2.24) is 0 Å². The maximum Gasteiger partial charge on any atom is 0.372 e. The summed E-state index contributed by atoms with van der Waals surface area (Å²) in [6.45, 7) is 7.21. The zero-order chi connectivity index (χ0) is 39.5. The van der Waals surface area contributed by atoms with E-state index in [1.807, 2.05) is 13.8 Å². The minimum absolute atomic E-state index is 0.00870. The van der Waals surface area contributed by atoms with Gasteiger partial charge in [-0.25, -0.2) is 18.4 Å². The Kier molecular flexibility index (Phi) is 8.89. The molecular formula is C42H48F2O10. The number of allylic oxidation sites excluding steroid dienone is 5. The fourth-order valence-electron chi connectivity index (χ4n) is 13.5. The van der Waals surface area contributed by atoms with Crippen LogP contribution in [0.2, 0.25) is 0 Å². The first-order valence-corrected chi connectivity index (χ1v) is 19.3. The summed E-state index contributed by atoms with van der Waals surface area (Å²) in [4.78, 5) is 97.0. The molecule has 0 aromatic rings. The average Bonchev–Trinajstić information content (AvgIpc) is 3.61. The molecule has 0 saturated heterocycles. The molecule has 0 heterocycles. The smallest absolute Gasteiger partial charge is 0.372 e. The molecule has 8 aliphatic rings. The number of carbonyl (C=O) groups excluding carboxylic acids is 6. The van der Waals surface area contributed by atoms with E-state index in [9.17, 15) is 38.4 Å². The van der Waals surface area contributed by atoms with E-state index < -0.39 is 86.5 Å². The van der Waals surface area contributed by atoms with Crippen molar-refractivity contribution in [2.45, 2.75) is 110 Å². The number of hydrogen-bond donors (Lipinski definition) is 2. The highest BCUT2D eigenvalue weighted by molar-refractivity contribution is 6.34. The van der Waals surface area contributed by atoms with Crippen LogP contribution in [-0.4, -0.2) is 68.7 Å². The molecule has 6 saturated carbocycles. The van der Waals surface area contributed by atoms with E-state index in [-0.39, 0.29) is 60.8 Å². The molecule has 8 aliphatic carbocycles. The van der Waals surface area contributed by atoms with Crippen molar-refractivity contribution in [1.29, 1.82) is 0 Å². The lowest BCUT2D eigenvalue weighted by Crippen LogP contribution is -2.65. The van der Waals surface area contributed by atoms with Gasteiger partial charge in [0.15, 0.2) is 23.0 Å². The second-order valence-corrected chi connectivity index (χ2v) is 18.4. The van der Waals surface area contributed by atoms with Gasteiger partial charge in [0.2, 0.25) is 11.6 Å². The zero-order valence-electron chi connectivity index (χ0n) is 31.1. The molecule has 0 bridgehead atoms. The second kappa shape index (κ2) is 12.5. The standard InChI is InChI=1S/C21H23FO5.C21H25FO5/c1-20-6-5-10(23)7-14(20)15(22)8-11-12-3-4-13(18(25)19(26)27)21(12,2)9-16(24)17(11)20;1-19-10-16(24)21(22)14(13(19)5-6-15(19)17(25)18(26)27)4-3-11-9-12(23)7-8-20(11,21)2/h5-7,11-13,15,17H,3-4,8-9H2,1-2H3,(H,26,27);9,13-15H,3-8,10H2,1-2H3,(H,26,27)/t11-,12-,13+,15-,17+,20-,21-;13-,14-,15+,19-,20-,21-/m00/s1. The average molecular weight is 751 g/mol. The molecule has 0 aromatic heterocycles. The normalized spacial score (nSPS) is 45.9. The quantitative estimate of drug-likeness (QED) is 0.337. The van der Waals surface area contributed by atoms with Crippen LogP contribution < -0.4 is 0 Å². The summed E-state index contributed by atoms with van der Waals surface area (Å²) >= 11 is 0. The van der Waals surface area contributed by atoms with Gasteiger partial charge in [0, 0.05) is 53.8 Å². The molecule has 12 heteroatoms. The second-order valence-electron chi connectivity index (χ2n) is 18.4. The highest BCUT2D eigenvalue weighted by Gasteiger charge is 2.72. The van der Waals surface area contributed by atoms with E-state index in [1.54, 1.807) is 19.9 Å². The monoisotopic (exact) mass is 750 g/mol. The number of carbonyl (C=O) groups is 8. The first kappa shape index (κ1) is 38.3. The number of rotatable bonds is 4. The number of Topliss-reactive ketones (excluding diaryl/α,β-unsaturated/α-hetero) is 4. The van der Waals surface area contributed by atoms with Gasteiger partial charge in [0.25, 0.3) is 0 Å². The maximum atomic E-state index is 16.7. The largest absolute Gasteiger partial charge is 0.475 e. The van der Waals surface area contributed by atoms with Gasteiger partial charge in [-0.3, -0.25) is 28.8 Å². The summed E-state index contributed by atoms with van der Waals surface area (Å²) in [5, 5.41) is 18.3. The number of carboxylic acid groups (broad SMARTS) is 2. The van der Waals surface area contributed by atoms with Crippen molar-refractivity contribution in [2.24, 2.45) is 63.1 Å². The van der Waals surface area contributed by atoms with Gasteiger partial charge >= 0.3 is 11.9 Å². The van der Waals surface area contributed by atoms with Crippen molar-refractivity contribution < 1.29 is 57.4 Å². The lowest BCUT2D eigenvalue weighted by atomic mass is 9.44. The first-order chi connectivity index (χ1) is 25.1. The Labute approximate surface area is 312 Å². The third-order valence-corrected chi connectivity index (χ3v) is 16.1. The molecule has 0 aromatic carbocycles. The van der Waals surface area contributed by atoms with Crippen molar-refractivity contribution in [3.63, 3.8) is 0 Å². The molecule has 13 atom stereocenters. The SMILES string of the molecule is C[C@]12CC(=O)[C@@]3(F)[C@@H](CCC4=CC(=O)CC[C@@]43C)[C@@H]1CC[C@@H]2C(=O)C(=O)O.C[C@]12CC(=O)[C@H]3[C@@H](C[C@H](F)C4=CC(=O)C=C[C@@]43C)[C@@H]1CC[C@@H]2C(=O)C(=O)O.